The number of nitrogens with zero attached hydrogens (tertiary/aromatic N) is 1. The lowest BCUT2D eigenvalue weighted by molar-refractivity contribution is -0.163. The van der Waals surface area contributed by atoms with Gasteiger partial charge in [0, 0.05) is 11.5 Å². The lowest BCUT2D eigenvalue weighted by Gasteiger charge is -2.46. The molecule has 0 aliphatic carbocycles. The summed E-state index contributed by atoms with van der Waals surface area (Å²) in [6.07, 6.45) is -1.88. The van der Waals surface area contributed by atoms with Crippen LogP contribution in [0.3, 0.4) is 0 Å². The predicted octanol–water partition coefficient (Wildman–Crippen LogP) is -0.722. The third-order valence-electron chi connectivity index (χ3n) is 3.89. The number of fused-ring (bicyclic) bond motifs is 1. The molecule has 2 heterocycles. The SMILES string of the molecule is C[C@@H](O)[C@H]1C(=O)N2C(C(=O)O)=C(COC(N)=O)[C@H](C)[C@H]12. The van der Waals surface area contributed by atoms with Gasteiger partial charge in [0.2, 0.25) is 5.91 Å². The number of carbonyl (C=O) groups is 3. The molecule has 0 radical (unpaired) electrons. The van der Waals surface area contributed by atoms with E-state index in [1.54, 1.807) is 6.92 Å². The number of aliphatic carboxylic acids is 1. The summed E-state index contributed by atoms with van der Waals surface area (Å²) in [4.78, 5) is 35.1. The number of aliphatic hydroxyl groups is 1. The summed E-state index contributed by atoms with van der Waals surface area (Å²) < 4.78 is 4.65. The van der Waals surface area contributed by atoms with Crippen LogP contribution < -0.4 is 5.73 Å². The molecule has 4 N–H and O–H groups in total. The van der Waals surface area contributed by atoms with Gasteiger partial charge in [0.15, 0.2) is 0 Å². The summed E-state index contributed by atoms with van der Waals surface area (Å²) >= 11 is 0. The zero-order valence-corrected chi connectivity index (χ0v) is 11.1. The van der Waals surface area contributed by atoms with Crippen LogP contribution in [-0.4, -0.2) is 51.8 Å². The number of hydrogen-bond donors (Lipinski definition) is 3. The number of carbonyl (C=O) groups excluding carboxylic acids is 2. The van der Waals surface area contributed by atoms with Crippen molar-refractivity contribution in [3.05, 3.63) is 11.3 Å². The van der Waals surface area contributed by atoms with Crippen molar-refractivity contribution in [2.24, 2.45) is 17.6 Å². The Bertz CT molecular complexity index is 512. The average molecular weight is 284 g/mol. The highest BCUT2D eigenvalue weighted by atomic mass is 16.5. The minimum atomic E-state index is -1.26. The van der Waals surface area contributed by atoms with Crippen molar-refractivity contribution in [3.8, 4) is 0 Å². The van der Waals surface area contributed by atoms with E-state index in [0.29, 0.717) is 5.57 Å². The molecule has 2 rings (SSSR count). The second kappa shape index (κ2) is 4.78. The Balaban J connectivity index is 2.32. The summed E-state index contributed by atoms with van der Waals surface area (Å²) in [6.45, 7) is 2.95. The Morgan fingerprint density at radius 2 is 2.10 bits per heavy atom. The molecule has 0 aromatic rings. The molecule has 2 amide bonds. The number of amides is 2. The minimum Gasteiger partial charge on any atom is -0.477 e. The molecule has 0 bridgehead atoms. The first-order valence-electron chi connectivity index (χ1n) is 6.17. The molecule has 8 heteroatoms. The quantitative estimate of drug-likeness (QED) is 0.584. The van der Waals surface area contributed by atoms with Crippen LogP contribution in [0.4, 0.5) is 4.79 Å². The third-order valence-corrected chi connectivity index (χ3v) is 3.89. The van der Waals surface area contributed by atoms with Gasteiger partial charge in [0.05, 0.1) is 18.1 Å². The molecule has 2 aliphatic heterocycles. The van der Waals surface area contributed by atoms with E-state index >= 15 is 0 Å². The number of nitrogens with two attached hydrogens (primary N) is 1. The molecular weight excluding hydrogens is 268 g/mol. The van der Waals surface area contributed by atoms with E-state index in [9.17, 15) is 24.6 Å². The van der Waals surface area contributed by atoms with Gasteiger partial charge in [0.1, 0.15) is 12.3 Å². The van der Waals surface area contributed by atoms with Crippen LogP contribution >= 0.6 is 0 Å². The van der Waals surface area contributed by atoms with Crippen LogP contribution in [0.1, 0.15) is 13.8 Å². The first kappa shape index (κ1) is 14.3. The molecule has 4 atom stereocenters. The van der Waals surface area contributed by atoms with Gasteiger partial charge in [0.25, 0.3) is 0 Å². The smallest absolute Gasteiger partial charge is 0.404 e. The van der Waals surface area contributed by atoms with Gasteiger partial charge in [-0.1, -0.05) is 6.92 Å². The van der Waals surface area contributed by atoms with Crippen LogP contribution in [0.15, 0.2) is 11.3 Å². The van der Waals surface area contributed by atoms with Crippen LogP contribution in [0.5, 0.6) is 0 Å². The van der Waals surface area contributed by atoms with Crippen molar-refractivity contribution >= 4 is 18.0 Å². The first-order valence-corrected chi connectivity index (χ1v) is 6.17. The van der Waals surface area contributed by atoms with Crippen LogP contribution in [0, 0.1) is 11.8 Å². The highest BCUT2D eigenvalue weighted by Gasteiger charge is 2.59. The normalized spacial score (nSPS) is 29.9. The van der Waals surface area contributed by atoms with E-state index in [-0.39, 0.29) is 18.2 Å². The van der Waals surface area contributed by atoms with E-state index in [2.05, 4.69) is 4.74 Å². The van der Waals surface area contributed by atoms with Crippen molar-refractivity contribution in [1.82, 2.24) is 4.90 Å². The standard InChI is InChI=1S/C12H16N2O6/c1-4-6(3-20-12(13)19)9(11(17)18)14-8(4)7(5(2)15)10(14)16/h4-5,7-8,15H,3H2,1-2H3,(H2,13,19)(H,17,18)/t4-,5+,7+,8+/m0/s1. The van der Waals surface area contributed by atoms with Crippen LogP contribution in [0.25, 0.3) is 0 Å². The third kappa shape index (κ3) is 1.92. The first-order chi connectivity index (χ1) is 9.27. The topological polar surface area (TPSA) is 130 Å². The van der Waals surface area contributed by atoms with Crippen LogP contribution in [-0.2, 0) is 14.3 Å². The monoisotopic (exact) mass is 284 g/mol. The molecule has 0 spiro atoms. The number of hydrogen-bond acceptors (Lipinski definition) is 5. The number of β-lactam (4-membered cyclic amide) rings is 1. The fourth-order valence-corrected chi connectivity index (χ4v) is 2.98. The molecule has 0 unspecified atom stereocenters. The molecule has 110 valence electrons. The van der Waals surface area contributed by atoms with Crippen molar-refractivity contribution in [2.45, 2.75) is 26.0 Å². The van der Waals surface area contributed by atoms with Crippen molar-refractivity contribution in [1.29, 1.82) is 0 Å². The fourth-order valence-electron chi connectivity index (χ4n) is 2.98. The highest BCUT2D eigenvalue weighted by molar-refractivity contribution is 6.00. The number of ether oxygens (including phenoxy) is 1. The van der Waals surface area contributed by atoms with E-state index in [1.807, 2.05) is 0 Å². The Kier molecular flexibility index (Phi) is 3.43. The maximum atomic E-state index is 12.0. The minimum absolute atomic E-state index is 0.175. The molecule has 1 saturated heterocycles. The summed E-state index contributed by atoms with van der Waals surface area (Å²) in [7, 11) is 0. The van der Waals surface area contributed by atoms with E-state index in [1.165, 1.54) is 6.92 Å². The van der Waals surface area contributed by atoms with Crippen molar-refractivity contribution in [3.63, 3.8) is 0 Å². The van der Waals surface area contributed by atoms with Gasteiger partial charge >= 0.3 is 12.1 Å². The molecule has 1 fully saturated rings. The zero-order valence-electron chi connectivity index (χ0n) is 11.1. The van der Waals surface area contributed by atoms with Gasteiger partial charge in [-0.3, -0.25) is 4.79 Å². The van der Waals surface area contributed by atoms with Gasteiger partial charge in [-0.05, 0) is 6.92 Å². The van der Waals surface area contributed by atoms with Crippen molar-refractivity contribution in [2.75, 3.05) is 6.61 Å². The van der Waals surface area contributed by atoms with Crippen molar-refractivity contribution < 1.29 is 29.3 Å². The number of carboxylic acids is 1. The van der Waals surface area contributed by atoms with Gasteiger partial charge in [-0.2, -0.15) is 0 Å². The Morgan fingerprint density at radius 1 is 1.50 bits per heavy atom. The fraction of sp³-hybridized carbons (Fsp3) is 0.583. The number of aliphatic hydroxyl groups excluding tert-OH is 1. The second-order valence-corrected chi connectivity index (χ2v) is 5.04. The molecule has 0 saturated carbocycles. The second-order valence-electron chi connectivity index (χ2n) is 5.04. The van der Waals surface area contributed by atoms with Gasteiger partial charge < -0.3 is 25.6 Å². The lowest BCUT2D eigenvalue weighted by atomic mass is 9.78. The Labute approximate surface area is 114 Å². The van der Waals surface area contributed by atoms with E-state index < -0.39 is 36.0 Å². The maximum Gasteiger partial charge on any atom is 0.404 e. The largest absolute Gasteiger partial charge is 0.477 e. The highest BCUT2D eigenvalue weighted by Crippen LogP contribution is 2.47. The predicted molar refractivity (Wildman–Crippen MR) is 65.2 cm³/mol. The van der Waals surface area contributed by atoms with Crippen LogP contribution in [0.2, 0.25) is 0 Å². The molecule has 0 aromatic heterocycles. The van der Waals surface area contributed by atoms with Gasteiger partial charge in [-0.25, -0.2) is 9.59 Å². The number of rotatable bonds is 4. The zero-order chi connectivity index (χ0) is 15.2. The molecule has 20 heavy (non-hydrogen) atoms. The molecule has 2 aliphatic rings. The molecule has 0 aromatic carbocycles. The van der Waals surface area contributed by atoms with Gasteiger partial charge in [-0.15, -0.1) is 0 Å². The summed E-state index contributed by atoms with van der Waals surface area (Å²) in [5.74, 6) is -2.65. The summed E-state index contributed by atoms with van der Waals surface area (Å²) in [5.41, 5.74) is 5.03. The summed E-state index contributed by atoms with van der Waals surface area (Å²) in [5, 5.41) is 18.9. The average Bonchev–Trinajstić information content (AvgIpc) is 2.56. The number of carboxylic acid groups (broad SMARTS) is 1. The summed E-state index contributed by atoms with van der Waals surface area (Å²) in [6, 6.07) is -0.417. The Morgan fingerprint density at radius 3 is 2.55 bits per heavy atom. The van der Waals surface area contributed by atoms with E-state index in [0.717, 1.165) is 4.90 Å². The van der Waals surface area contributed by atoms with E-state index in [4.69, 9.17) is 5.73 Å². The molecular formula is C12H16N2O6. The lowest BCUT2D eigenvalue weighted by Crippen LogP contribution is -2.63. The molecule has 8 nitrogen and oxygen atoms in total. The maximum absolute atomic E-state index is 12.0. The number of primary amides is 1. The Hall–Kier alpha value is -2.09.